The van der Waals surface area contributed by atoms with Crippen molar-refractivity contribution in [2.24, 2.45) is 7.05 Å². The number of aromatic nitrogens is 1. The zero-order valence-electron chi connectivity index (χ0n) is 19.7. The second-order valence-electron chi connectivity index (χ2n) is 9.33. The van der Waals surface area contributed by atoms with E-state index in [1.54, 1.807) is 0 Å². The van der Waals surface area contributed by atoms with Crippen LogP contribution in [0.25, 0.3) is 34.5 Å². The van der Waals surface area contributed by atoms with E-state index in [0.29, 0.717) is 0 Å². The molecule has 0 aliphatic heterocycles. The van der Waals surface area contributed by atoms with Crippen LogP contribution in [0.4, 0.5) is 5.69 Å². The first-order chi connectivity index (χ1) is 15.3. The maximum atomic E-state index is 5.85. The Kier molecular flexibility index (Phi) is 7.75. The van der Waals surface area contributed by atoms with Gasteiger partial charge in [0.05, 0.1) is 5.56 Å². The molecule has 0 aliphatic carbocycles. The number of hydrogen-bond acceptors (Lipinski definition) is 1. The highest BCUT2D eigenvalue weighted by molar-refractivity contribution is 5.82. The molecule has 0 saturated carbocycles. The van der Waals surface area contributed by atoms with Crippen LogP contribution < -0.4 is 34.3 Å². The summed E-state index contributed by atoms with van der Waals surface area (Å²) in [6, 6.07) is 29.7. The van der Waals surface area contributed by atoms with Gasteiger partial charge in [-0.05, 0) is 51.9 Å². The lowest BCUT2D eigenvalue weighted by atomic mass is 9.86. The lowest BCUT2D eigenvalue weighted by Gasteiger charge is -2.19. The number of rotatable bonds is 4. The summed E-state index contributed by atoms with van der Waals surface area (Å²) >= 11 is 0. The molecule has 4 rings (SSSR count). The van der Waals surface area contributed by atoms with Crippen LogP contribution in [0.3, 0.4) is 0 Å². The van der Waals surface area contributed by atoms with Crippen molar-refractivity contribution in [2.45, 2.75) is 26.2 Å². The van der Waals surface area contributed by atoms with E-state index in [9.17, 15) is 0 Å². The van der Waals surface area contributed by atoms with Gasteiger partial charge in [0.15, 0.2) is 6.20 Å². The third-order valence-electron chi connectivity index (χ3n) is 5.83. The molecule has 33 heavy (non-hydrogen) atoms. The molecule has 2 nitrogen and oxygen atoms in total. The van der Waals surface area contributed by atoms with Crippen LogP contribution in [0.15, 0.2) is 91.1 Å². The molecule has 4 aromatic rings. The van der Waals surface area contributed by atoms with Crippen molar-refractivity contribution < 1.29 is 28.5 Å². The Bertz CT molecular complexity index is 1230. The van der Waals surface area contributed by atoms with E-state index in [-0.39, 0.29) is 29.4 Å². The molecular formula is C30H31IN2. The number of anilines is 1. The van der Waals surface area contributed by atoms with Gasteiger partial charge in [-0.2, -0.15) is 0 Å². The summed E-state index contributed by atoms with van der Waals surface area (Å²) in [4.78, 5) is 0. The summed E-state index contributed by atoms with van der Waals surface area (Å²) in [7, 11) is 2.12. The first kappa shape index (κ1) is 24.7. The minimum absolute atomic E-state index is 0. The van der Waals surface area contributed by atoms with Crippen LogP contribution in [0, 0.1) is 0 Å². The molecule has 2 N–H and O–H groups in total. The van der Waals surface area contributed by atoms with Crippen LogP contribution in [-0.4, -0.2) is 0 Å². The van der Waals surface area contributed by atoms with Crippen molar-refractivity contribution in [1.29, 1.82) is 0 Å². The molecular weight excluding hydrogens is 515 g/mol. The van der Waals surface area contributed by atoms with Crippen molar-refractivity contribution in [2.75, 3.05) is 5.73 Å². The predicted molar refractivity (Wildman–Crippen MR) is 137 cm³/mol. The second kappa shape index (κ2) is 10.3. The van der Waals surface area contributed by atoms with Gasteiger partial charge in [0.1, 0.15) is 7.05 Å². The third kappa shape index (κ3) is 5.91. The normalized spacial score (nSPS) is 11.4. The fraction of sp³-hybridized carbons (Fsp3) is 0.167. The Hall–Kier alpha value is -2.92. The average molecular weight is 546 g/mol. The summed E-state index contributed by atoms with van der Waals surface area (Å²) in [5.74, 6) is 0. The van der Waals surface area contributed by atoms with Crippen molar-refractivity contribution in [3.8, 4) is 22.4 Å². The van der Waals surface area contributed by atoms with E-state index in [4.69, 9.17) is 5.73 Å². The van der Waals surface area contributed by atoms with Crippen LogP contribution in [0.5, 0.6) is 0 Å². The monoisotopic (exact) mass is 546 g/mol. The van der Waals surface area contributed by atoms with Crippen LogP contribution in [0.2, 0.25) is 0 Å². The molecule has 0 amide bonds. The molecule has 0 atom stereocenters. The molecule has 3 aromatic carbocycles. The summed E-state index contributed by atoms with van der Waals surface area (Å²) in [6.07, 6.45) is 6.57. The molecule has 0 spiro atoms. The van der Waals surface area contributed by atoms with E-state index in [1.165, 1.54) is 33.5 Å². The van der Waals surface area contributed by atoms with Gasteiger partial charge in [0.2, 0.25) is 5.69 Å². The minimum Gasteiger partial charge on any atom is -1.00 e. The van der Waals surface area contributed by atoms with Crippen molar-refractivity contribution in [3.63, 3.8) is 0 Å². The zero-order chi connectivity index (χ0) is 22.7. The molecule has 0 fully saturated rings. The molecule has 3 heteroatoms. The number of nitrogens with two attached hydrogens (primary N) is 1. The summed E-state index contributed by atoms with van der Waals surface area (Å²) in [5.41, 5.74) is 15.2. The molecule has 168 valence electrons. The fourth-order valence-corrected chi connectivity index (χ4v) is 3.88. The molecule has 0 saturated heterocycles. The van der Waals surface area contributed by atoms with Gasteiger partial charge in [-0.3, -0.25) is 0 Å². The van der Waals surface area contributed by atoms with Crippen molar-refractivity contribution >= 4 is 17.8 Å². The number of nitrogen functional groups attached to an aromatic ring is 1. The van der Waals surface area contributed by atoms with Gasteiger partial charge in [-0.25, -0.2) is 4.57 Å². The van der Waals surface area contributed by atoms with Crippen molar-refractivity contribution in [3.05, 3.63) is 108 Å². The third-order valence-corrected chi connectivity index (χ3v) is 5.83. The zero-order valence-corrected chi connectivity index (χ0v) is 21.9. The van der Waals surface area contributed by atoms with E-state index < -0.39 is 0 Å². The molecule has 0 aliphatic rings. The van der Waals surface area contributed by atoms with E-state index in [2.05, 4.69) is 111 Å². The predicted octanol–water partition coefficient (Wildman–Crippen LogP) is 3.90. The Labute approximate surface area is 214 Å². The van der Waals surface area contributed by atoms with Gasteiger partial charge in [-0.15, -0.1) is 0 Å². The van der Waals surface area contributed by atoms with Crippen LogP contribution >= 0.6 is 0 Å². The molecule has 0 bridgehead atoms. The highest BCUT2D eigenvalue weighted by Crippen LogP contribution is 2.29. The topological polar surface area (TPSA) is 29.9 Å². The first-order valence-corrected chi connectivity index (χ1v) is 11.0. The number of hydrogen-bond donors (Lipinski definition) is 1. The van der Waals surface area contributed by atoms with Crippen LogP contribution in [0.1, 0.15) is 37.5 Å². The molecule has 0 unspecified atom stereocenters. The van der Waals surface area contributed by atoms with Gasteiger partial charge in [0.25, 0.3) is 0 Å². The number of nitrogens with zero attached hydrogens (tertiary/aromatic N) is 1. The Morgan fingerprint density at radius 3 is 2.00 bits per heavy atom. The minimum atomic E-state index is 0. The molecule has 1 aromatic heterocycles. The number of pyridine rings is 1. The summed E-state index contributed by atoms with van der Waals surface area (Å²) < 4.78 is 2.22. The first-order valence-electron chi connectivity index (χ1n) is 11.0. The van der Waals surface area contributed by atoms with E-state index in [1.807, 2.05) is 24.3 Å². The van der Waals surface area contributed by atoms with Crippen molar-refractivity contribution in [1.82, 2.24) is 0 Å². The SMILES string of the molecule is C[n+]1cc(-c2ccccc2)c(/C=C/c2ccc(N)cc2)cc1-c1ccc(C(C)(C)C)cc1.[I-]. The second-order valence-corrected chi connectivity index (χ2v) is 9.33. The van der Waals surface area contributed by atoms with Gasteiger partial charge >= 0.3 is 0 Å². The summed E-state index contributed by atoms with van der Waals surface area (Å²) in [5, 5.41) is 0. The Morgan fingerprint density at radius 1 is 0.758 bits per heavy atom. The highest BCUT2D eigenvalue weighted by Gasteiger charge is 2.18. The van der Waals surface area contributed by atoms with Gasteiger partial charge < -0.3 is 29.7 Å². The maximum absolute atomic E-state index is 5.85. The smallest absolute Gasteiger partial charge is 0.212 e. The average Bonchev–Trinajstić information content (AvgIpc) is 2.79. The standard InChI is InChI=1S/C30H30N2.HI/c1-30(2,3)26-16-14-24(15-17-26)29-20-25(13-10-22-11-18-27(31)19-12-22)28(21-32(29)4)23-8-6-5-7-9-23;/h5-21,31H,1-4H3;1H. The van der Waals surface area contributed by atoms with Crippen LogP contribution in [-0.2, 0) is 12.5 Å². The largest absolute Gasteiger partial charge is 1.00 e. The Morgan fingerprint density at radius 2 is 1.39 bits per heavy atom. The highest BCUT2D eigenvalue weighted by atomic mass is 127. The quantitative estimate of drug-likeness (QED) is 0.235. The maximum Gasteiger partial charge on any atom is 0.212 e. The molecule has 1 heterocycles. The van der Waals surface area contributed by atoms with E-state index >= 15 is 0 Å². The number of aryl methyl sites for hydroxylation is 1. The number of halogens is 1. The fourth-order valence-electron chi connectivity index (χ4n) is 3.88. The Balaban J connectivity index is 0.00000306. The van der Waals surface area contributed by atoms with E-state index in [0.717, 1.165) is 11.3 Å². The van der Waals surface area contributed by atoms with Gasteiger partial charge in [-0.1, -0.05) is 87.5 Å². The lowest BCUT2D eigenvalue weighted by molar-refractivity contribution is -0.659. The molecule has 0 radical (unpaired) electrons. The van der Waals surface area contributed by atoms with Gasteiger partial charge in [0, 0.05) is 17.3 Å². The lowest BCUT2D eigenvalue weighted by Crippen LogP contribution is -3.00. The number of benzene rings is 3. The summed E-state index contributed by atoms with van der Waals surface area (Å²) in [6.45, 7) is 6.74.